The van der Waals surface area contributed by atoms with Crippen molar-refractivity contribution >= 4 is 61.8 Å². The highest BCUT2D eigenvalue weighted by Crippen LogP contribution is 2.36. The number of aliphatic imine (C=N–C) groups is 1. The van der Waals surface area contributed by atoms with E-state index in [2.05, 4.69) is 36.9 Å². The Balaban J connectivity index is 1.74. The van der Waals surface area contributed by atoms with Crippen LogP contribution < -0.4 is 9.47 Å². The van der Waals surface area contributed by atoms with Gasteiger partial charge in [-0.3, -0.25) is 4.99 Å². The number of methoxy groups -OCH3 is 1. The molecule has 0 bridgehead atoms. The number of ether oxygens (including phenoxy) is 2. The molecule has 0 aromatic heterocycles. The highest BCUT2D eigenvalue weighted by atomic mass is 79.9. The summed E-state index contributed by atoms with van der Waals surface area (Å²) in [7, 11) is 1.47. The van der Waals surface area contributed by atoms with Crippen LogP contribution >= 0.6 is 31.9 Å². The van der Waals surface area contributed by atoms with Gasteiger partial charge < -0.3 is 14.6 Å². The third kappa shape index (κ3) is 6.38. The molecule has 0 aliphatic carbocycles. The van der Waals surface area contributed by atoms with Crippen LogP contribution in [0.25, 0.3) is 6.08 Å². The number of carbonyl (C=O) groups excluding carboxylic acids is 1. The molecule has 0 heterocycles. The Bertz CT molecular complexity index is 1190. The largest absolute Gasteiger partial charge is 0.493 e. The van der Waals surface area contributed by atoms with Crippen LogP contribution in [0.3, 0.4) is 0 Å². The van der Waals surface area contributed by atoms with E-state index in [-0.39, 0.29) is 11.3 Å². The van der Waals surface area contributed by atoms with Crippen molar-refractivity contribution < 1.29 is 24.2 Å². The zero-order chi connectivity index (χ0) is 23.1. The molecule has 3 aromatic carbocycles. The average molecular weight is 559 g/mol. The number of carboxylic acid groups (broad SMARTS) is 1. The minimum Gasteiger partial charge on any atom is -0.493 e. The summed E-state index contributed by atoms with van der Waals surface area (Å²) in [6, 6.07) is 17.1. The zero-order valence-electron chi connectivity index (χ0n) is 16.8. The molecule has 0 fully saturated rings. The number of carbonyl (C=O) groups is 2. The van der Waals surface area contributed by atoms with Gasteiger partial charge in [-0.1, -0.05) is 28.1 Å². The minimum atomic E-state index is -0.994. The number of halogens is 2. The number of aromatic carboxylic acids is 1. The van der Waals surface area contributed by atoms with Gasteiger partial charge in [-0.25, -0.2) is 9.59 Å². The molecule has 0 saturated heterocycles. The van der Waals surface area contributed by atoms with Crippen molar-refractivity contribution in [3.63, 3.8) is 0 Å². The summed E-state index contributed by atoms with van der Waals surface area (Å²) >= 11 is 6.78. The molecule has 32 heavy (non-hydrogen) atoms. The molecule has 8 heteroatoms. The Hall–Kier alpha value is -3.23. The normalized spacial score (nSPS) is 11.1. The summed E-state index contributed by atoms with van der Waals surface area (Å²) < 4.78 is 12.3. The first kappa shape index (κ1) is 23.4. The van der Waals surface area contributed by atoms with Crippen LogP contribution in [0.1, 0.15) is 21.5 Å². The Morgan fingerprint density at radius 1 is 0.969 bits per heavy atom. The SMILES string of the molecule is COc1cc(C=Nc2ccc(C(=O)O)cc2)cc(Br)c1OC(=O)/C=C/c1ccc(Br)cc1. The number of hydrogen-bond acceptors (Lipinski definition) is 5. The number of hydrogen-bond donors (Lipinski definition) is 1. The maximum absolute atomic E-state index is 12.3. The monoisotopic (exact) mass is 557 g/mol. The van der Waals surface area contributed by atoms with Gasteiger partial charge >= 0.3 is 11.9 Å². The van der Waals surface area contributed by atoms with Gasteiger partial charge in [0.1, 0.15) is 0 Å². The van der Waals surface area contributed by atoms with Gasteiger partial charge in [0.2, 0.25) is 0 Å². The molecule has 0 atom stereocenters. The quantitative estimate of drug-likeness (QED) is 0.159. The Morgan fingerprint density at radius 3 is 2.28 bits per heavy atom. The lowest BCUT2D eigenvalue weighted by Crippen LogP contribution is -2.06. The molecule has 0 saturated carbocycles. The van der Waals surface area contributed by atoms with Gasteiger partial charge in [-0.15, -0.1) is 0 Å². The lowest BCUT2D eigenvalue weighted by molar-refractivity contribution is -0.129. The number of rotatable bonds is 7. The van der Waals surface area contributed by atoms with Gasteiger partial charge in [-0.05, 0) is 81.7 Å². The van der Waals surface area contributed by atoms with E-state index >= 15 is 0 Å². The van der Waals surface area contributed by atoms with Crippen molar-refractivity contribution in [3.05, 3.63) is 92.4 Å². The number of esters is 1. The summed E-state index contributed by atoms with van der Waals surface area (Å²) in [5.74, 6) is -0.939. The van der Waals surface area contributed by atoms with Gasteiger partial charge in [0.05, 0.1) is 22.8 Å². The van der Waals surface area contributed by atoms with E-state index in [0.717, 1.165) is 10.0 Å². The Labute approximate surface area is 201 Å². The van der Waals surface area contributed by atoms with E-state index in [1.165, 1.54) is 25.3 Å². The lowest BCUT2D eigenvalue weighted by Gasteiger charge is -2.11. The molecule has 162 valence electrons. The molecule has 6 nitrogen and oxygen atoms in total. The lowest BCUT2D eigenvalue weighted by atomic mass is 10.2. The molecule has 0 radical (unpaired) electrons. The van der Waals surface area contributed by atoms with E-state index in [4.69, 9.17) is 14.6 Å². The van der Waals surface area contributed by atoms with Crippen LogP contribution in [-0.2, 0) is 4.79 Å². The molecule has 3 aromatic rings. The van der Waals surface area contributed by atoms with Gasteiger partial charge in [-0.2, -0.15) is 0 Å². The Kier molecular flexibility index (Phi) is 7.97. The van der Waals surface area contributed by atoms with Crippen LogP contribution in [-0.4, -0.2) is 30.4 Å². The first-order chi connectivity index (χ1) is 15.4. The summed E-state index contributed by atoms with van der Waals surface area (Å²) in [4.78, 5) is 27.6. The van der Waals surface area contributed by atoms with Crippen molar-refractivity contribution in [1.82, 2.24) is 0 Å². The fourth-order valence-corrected chi connectivity index (χ4v) is 3.43. The van der Waals surface area contributed by atoms with Crippen molar-refractivity contribution in [2.45, 2.75) is 0 Å². The fraction of sp³-hybridized carbons (Fsp3) is 0.0417. The second kappa shape index (κ2) is 10.9. The summed E-state index contributed by atoms with van der Waals surface area (Å²) in [5.41, 5.74) is 2.34. The molecule has 0 aliphatic rings. The summed E-state index contributed by atoms with van der Waals surface area (Å²) in [5, 5.41) is 8.96. The topological polar surface area (TPSA) is 85.2 Å². The van der Waals surface area contributed by atoms with E-state index in [1.807, 2.05) is 24.3 Å². The Morgan fingerprint density at radius 2 is 1.66 bits per heavy atom. The van der Waals surface area contributed by atoms with E-state index in [0.29, 0.717) is 21.5 Å². The summed E-state index contributed by atoms with van der Waals surface area (Å²) in [6.07, 6.45) is 4.60. The molecule has 0 unspecified atom stereocenters. The third-order valence-corrected chi connectivity index (χ3v) is 5.33. The van der Waals surface area contributed by atoms with E-state index < -0.39 is 11.9 Å². The number of carboxylic acids is 1. The third-order valence-electron chi connectivity index (χ3n) is 4.21. The molecular formula is C24H17Br2NO5. The molecule has 0 spiro atoms. The van der Waals surface area contributed by atoms with Gasteiger partial charge in [0.25, 0.3) is 0 Å². The first-order valence-electron chi connectivity index (χ1n) is 9.26. The molecule has 3 rings (SSSR count). The predicted octanol–water partition coefficient (Wildman–Crippen LogP) is 6.29. The van der Waals surface area contributed by atoms with Crippen molar-refractivity contribution in [2.75, 3.05) is 7.11 Å². The van der Waals surface area contributed by atoms with E-state index in [9.17, 15) is 9.59 Å². The van der Waals surface area contributed by atoms with Gasteiger partial charge in [0, 0.05) is 16.8 Å². The predicted molar refractivity (Wildman–Crippen MR) is 130 cm³/mol. The van der Waals surface area contributed by atoms with Crippen molar-refractivity contribution in [3.8, 4) is 11.5 Å². The first-order valence-corrected chi connectivity index (χ1v) is 10.8. The van der Waals surface area contributed by atoms with Crippen LogP contribution in [0, 0.1) is 0 Å². The van der Waals surface area contributed by atoms with Crippen molar-refractivity contribution in [2.24, 2.45) is 4.99 Å². The molecular weight excluding hydrogens is 542 g/mol. The zero-order valence-corrected chi connectivity index (χ0v) is 20.0. The fourth-order valence-electron chi connectivity index (χ4n) is 2.63. The average Bonchev–Trinajstić information content (AvgIpc) is 2.79. The number of nitrogens with zero attached hydrogens (tertiary/aromatic N) is 1. The highest BCUT2D eigenvalue weighted by molar-refractivity contribution is 9.10. The second-order valence-electron chi connectivity index (χ2n) is 6.45. The minimum absolute atomic E-state index is 0.189. The number of benzene rings is 3. The van der Waals surface area contributed by atoms with Crippen LogP contribution in [0.2, 0.25) is 0 Å². The smallest absolute Gasteiger partial charge is 0.336 e. The standard InChI is InChI=1S/C24H17Br2NO5/c1-31-21-13-16(14-27-19-9-5-17(6-10-19)24(29)30)12-20(26)23(21)32-22(28)11-4-15-2-7-18(25)8-3-15/h2-14H,1H3,(H,29,30)/b11-4+,27-14?. The van der Waals surface area contributed by atoms with Crippen LogP contribution in [0.15, 0.2) is 80.7 Å². The molecule has 1 N–H and O–H groups in total. The van der Waals surface area contributed by atoms with Crippen molar-refractivity contribution in [1.29, 1.82) is 0 Å². The van der Waals surface area contributed by atoms with Crippen LogP contribution in [0.4, 0.5) is 5.69 Å². The van der Waals surface area contributed by atoms with E-state index in [1.54, 1.807) is 36.6 Å². The molecule has 0 amide bonds. The molecule has 0 aliphatic heterocycles. The van der Waals surface area contributed by atoms with Gasteiger partial charge in [0.15, 0.2) is 11.5 Å². The maximum atomic E-state index is 12.3. The summed E-state index contributed by atoms with van der Waals surface area (Å²) in [6.45, 7) is 0. The highest BCUT2D eigenvalue weighted by Gasteiger charge is 2.14. The van der Waals surface area contributed by atoms with Crippen LogP contribution in [0.5, 0.6) is 11.5 Å². The second-order valence-corrected chi connectivity index (χ2v) is 8.22. The maximum Gasteiger partial charge on any atom is 0.336 e.